The highest BCUT2D eigenvalue weighted by atomic mass is 79.9. The number of primary sulfonamides is 1. The Morgan fingerprint density at radius 3 is 2.27 bits per heavy atom. The standard InChI is InChI=1S/C10H8BrNO2S/c11-9-3-1-8-6-10(15(12,13)14)4-2-7(8)5-9/h1-6H,(H2,12,13,14). The molecule has 0 aliphatic rings. The van der Waals surface area contributed by atoms with Crippen molar-refractivity contribution >= 4 is 36.7 Å². The van der Waals surface area contributed by atoms with Crippen LogP contribution in [0, 0.1) is 0 Å². The lowest BCUT2D eigenvalue weighted by molar-refractivity contribution is 0.598. The van der Waals surface area contributed by atoms with Crippen molar-refractivity contribution in [2.45, 2.75) is 4.90 Å². The number of hydrogen-bond acceptors (Lipinski definition) is 2. The fourth-order valence-corrected chi connectivity index (χ4v) is 2.30. The third-order valence-electron chi connectivity index (χ3n) is 2.10. The van der Waals surface area contributed by atoms with Gasteiger partial charge in [0.2, 0.25) is 10.0 Å². The smallest absolute Gasteiger partial charge is 0.225 e. The summed E-state index contributed by atoms with van der Waals surface area (Å²) in [5.41, 5.74) is 0. The van der Waals surface area contributed by atoms with Crippen LogP contribution in [-0.2, 0) is 10.0 Å². The van der Waals surface area contributed by atoms with Gasteiger partial charge in [-0.2, -0.15) is 0 Å². The third-order valence-corrected chi connectivity index (χ3v) is 3.51. The zero-order valence-electron chi connectivity index (χ0n) is 7.64. The van der Waals surface area contributed by atoms with Gasteiger partial charge >= 0.3 is 0 Å². The quantitative estimate of drug-likeness (QED) is 0.874. The van der Waals surface area contributed by atoms with Crippen molar-refractivity contribution in [1.29, 1.82) is 0 Å². The van der Waals surface area contributed by atoms with E-state index in [1.807, 2.05) is 18.2 Å². The van der Waals surface area contributed by atoms with Gasteiger partial charge in [-0.15, -0.1) is 0 Å². The summed E-state index contributed by atoms with van der Waals surface area (Å²) < 4.78 is 23.2. The summed E-state index contributed by atoms with van der Waals surface area (Å²) in [4.78, 5) is 0.136. The van der Waals surface area contributed by atoms with Crippen LogP contribution < -0.4 is 5.14 Å². The van der Waals surface area contributed by atoms with Gasteiger partial charge in [-0.3, -0.25) is 0 Å². The summed E-state index contributed by atoms with van der Waals surface area (Å²) in [6.45, 7) is 0. The summed E-state index contributed by atoms with van der Waals surface area (Å²) >= 11 is 3.35. The molecule has 3 nitrogen and oxygen atoms in total. The maximum Gasteiger partial charge on any atom is 0.238 e. The maximum absolute atomic E-state index is 11.1. The molecule has 0 spiro atoms. The van der Waals surface area contributed by atoms with Gasteiger partial charge in [-0.1, -0.05) is 28.1 Å². The first-order chi connectivity index (χ1) is 6.97. The molecular formula is C10H8BrNO2S. The van der Waals surface area contributed by atoms with Crippen LogP contribution in [0.25, 0.3) is 10.8 Å². The Bertz CT molecular complexity index is 622. The third kappa shape index (κ3) is 2.19. The van der Waals surface area contributed by atoms with Crippen LogP contribution in [0.2, 0.25) is 0 Å². The van der Waals surface area contributed by atoms with Gasteiger partial charge < -0.3 is 0 Å². The number of fused-ring (bicyclic) bond motifs is 1. The molecule has 2 aromatic rings. The van der Waals surface area contributed by atoms with Gasteiger partial charge in [-0.25, -0.2) is 13.6 Å². The molecule has 5 heteroatoms. The van der Waals surface area contributed by atoms with Crippen molar-refractivity contribution in [3.63, 3.8) is 0 Å². The van der Waals surface area contributed by atoms with Crippen LogP contribution in [0.4, 0.5) is 0 Å². The Balaban J connectivity index is 2.73. The molecule has 0 radical (unpaired) electrons. The molecule has 2 rings (SSSR count). The molecule has 2 aromatic carbocycles. The van der Waals surface area contributed by atoms with E-state index >= 15 is 0 Å². The molecule has 0 aliphatic heterocycles. The highest BCUT2D eigenvalue weighted by Gasteiger charge is 2.07. The number of benzene rings is 2. The highest BCUT2D eigenvalue weighted by Crippen LogP contribution is 2.22. The number of rotatable bonds is 1. The normalized spacial score (nSPS) is 11.9. The van der Waals surface area contributed by atoms with Crippen molar-refractivity contribution in [2.24, 2.45) is 5.14 Å². The summed E-state index contributed by atoms with van der Waals surface area (Å²) in [7, 11) is -3.62. The van der Waals surface area contributed by atoms with Gasteiger partial charge in [-0.05, 0) is 35.0 Å². The van der Waals surface area contributed by atoms with Gasteiger partial charge in [0.15, 0.2) is 0 Å². The van der Waals surface area contributed by atoms with Crippen molar-refractivity contribution in [2.75, 3.05) is 0 Å². The molecule has 78 valence electrons. The summed E-state index contributed by atoms with van der Waals surface area (Å²) in [5, 5.41) is 6.86. The van der Waals surface area contributed by atoms with E-state index in [9.17, 15) is 8.42 Å². The van der Waals surface area contributed by atoms with E-state index in [-0.39, 0.29) is 4.90 Å². The fourth-order valence-electron chi connectivity index (χ4n) is 1.37. The number of sulfonamides is 1. The second-order valence-electron chi connectivity index (χ2n) is 3.20. The van der Waals surface area contributed by atoms with Gasteiger partial charge in [0.25, 0.3) is 0 Å². The first-order valence-electron chi connectivity index (χ1n) is 4.19. The SMILES string of the molecule is NS(=O)(=O)c1ccc2cc(Br)ccc2c1. The van der Waals surface area contributed by atoms with Crippen LogP contribution in [-0.4, -0.2) is 8.42 Å². The minimum atomic E-state index is -3.62. The first kappa shape index (κ1) is 10.6. The molecule has 0 unspecified atom stereocenters. The average molecular weight is 286 g/mol. The van der Waals surface area contributed by atoms with Crippen molar-refractivity contribution < 1.29 is 8.42 Å². The van der Waals surface area contributed by atoms with Crippen LogP contribution >= 0.6 is 15.9 Å². The van der Waals surface area contributed by atoms with E-state index in [4.69, 9.17) is 5.14 Å². The van der Waals surface area contributed by atoms with E-state index in [1.165, 1.54) is 6.07 Å². The highest BCUT2D eigenvalue weighted by molar-refractivity contribution is 9.10. The number of nitrogens with two attached hydrogens (primary N) is 1. The van der Waals surface area contributed by atoms with Crippen molar-refractivity contribution in [3.05, 3.63) is 40.9 Å². The molecule has 15 heavy (non-hydrogen) atoms. The summed E-state index contributed by atoms with van der Waals surface area (Å²) in [6.07, 6.45) is 0. The molecule has 0 fully saturated rings. The minimum Gasteiger partial charge on any atom is -0.225 e. The molecule has 0 aliphatic carbocycles. The number of hydrogen-bond donors (Lipinski definition) is 1. The van der Waals surface area contributed by atoms with Crippen LogP contribution in [0.3, 0.4) is 0 Å². The van der Waals surface area contributed by atoms with Crippen molar-refractivity contribution in [1.82, 2.24) is 0 Å². The van der Waals surface area contributed by atoms with Crippen LogP contribution in [0.1, 0.15) is 0 Å². The van der Waals surface area contributed by atoms with Crippen molar-refractivity contribution in [3.8, 4) is 0 Å². The van der Waals surface area contributed by atoms with Crippen LogP contribution in [0.5, 0.6) is 0 Å². The Labute approximate surface area is 96.1 Å². The maximum atomic E-state index is 11.1. The Kier molecular flexibility index (Phi) is 2.54. The molecule has 0 bridgehead atoms. The van der Waals surface area contributed by atoms with E-state index < -0.39 is 10.0 Å². The fraction of sp³-hybridized carbons (Fsp3) is 0. The molecular weight excluding hydrogens is 278 g/mol. The van der Waals surface area contributed by atoms with Gasteiger partial charge in [0.05, 0.1) is 4.90 Å². The molecule has 2 N–H and O–H groups in total. The average Bonchev–Trinajstić information content (AvgIpc) is 2.15. The van der Waals surface area contributed by atoms with E-state index in [0.29, 0.717) is 0 Å². The second kappa shape index (κ2) is 3.59. The molecule has 0 saturated carbocycles. The van der Waals surface area contributed by atoms with Crippen LogP contribution in [0.15, 0.2) is 45.8 Å². The number of halogens is 1. The molecule has 0 amide bonds. The zero-order chi connectivity index (χ0) is 11.1. The Morgan fingerprint density at radius 1 is 1.00 bits per heavy atom. The summed E-state index contributed by atoms with van der Waals surface area (Å²) in [5.74, 6) is 0. The van der Waals surface area contributed by atoms with E-state index in [2.05, 4.69) is 15.9 Å². The predicted octanol–water partition coefficient (Wildman–Crippen LogP) is 2.25. The molecule has 0 heterocycles. The lowest BCUT2D eigenvalue weighted by Crippen LogP contribution is -2.11. The molecule has 0 saturated heterocycles. The molecule has 0 aromatic heterocycles. The monoisotopic (exact) mass is 285 g/mol. The Hall–Kier alpha value is -0.910. The summed E-state index contributed by atoms with van der Waals surface area (Å²) in [6, 6.07) is 10.4. The predicted molar refractivity (Wildman–Crippen MR) is 63.0 cm³/mol. The van der Waals surface area contributed by atoms with Gasteiger partial charge in [0, 0.05) is 4.47 Å². The first-order valence-corrected chi connectivity index (χ1v) is 6.53. The topological polar surface area (TPSA) is 60.2 Å². The van der Waals surface area contributed by atoms with E-state index in [0.717, 1.165) is 15.2 Å². The second-order valence-corrected chi connectivity index (χ2v) is 5.68. The largest absolute Gasteiger partial charge is 0.238 e. The minimum absolute atomic E-state index is 0.136. The zero-order valence-corrected chi connectivity index (χ0v) is 10.0. The lowest BCUT2D eigenvalue weighted by Gasteiger charge is -2.01. The Morgan fingerprint density at radius 2 is 1.60 bits per heavy atom. The van der Waals surface area contributed by atoms with E-state index in [1.54, 1.807) is 12.1 Å². The molecule has 0 atom stereocenters. The lowest BCUT2D eigenvalue weighted by atomic mass is 10.1. The van der Waals surface area contributed by atoms with Gasteiger partial charge in [0.1, 0.15) is 0 Å².